The molecule has 1 aliphatic carbocycles. The van der Waals surface area contributed by atoms with E-state index in [4.69, 9.17) is 23.2 Å². The molecule has 41 heavy (non-hydrogen) atoms. The Labute approximate surface area is 249 Å². The van der Waals surface area contributed by atoms with E-state index in [0.29, 0.717) is 34.1 Å². The van der Waals surface area contributed by atoms with Gasteiger partial charge in [-0.1, -0.05) is 102 Å². The minimum absolute atomic E-state index is 0.00181. The van der Waals surface area contributed by atoms with Gasteiger partial charge in [0.1, 0.15) is 0 Å². The van der Waals surface area contributed by atoms with Gasteiger partial charge in [-0.25, -0.2) is 0 Å². The molecule has 6 heteroatoms. The number of amides is 1. The third kappa shape index (κ3) is 5.46. The summed E-state index contributed by atoms with van der Waals surface area (Å²) in [5.41, 5.74) is 6.79. The number of allylic oxidation sites excluding steroid dienone is 1. The number of fused-ring (bicyclic) bond motifs is 1. The van der Waals surface area contributed by atoms with Gasteiger partial charge in [-0.3, -0.25) is 14.5 Å². The fraction of sp³-hybridized carbons (Fsp3) is 0.143. The molecule has 4 aromatic rings. The lowest BCUT2D eigenvalue weighted by Crippen LogP contribution is -2.37. The van der Waals surface area contributed by atoms with Gasteiger partial charge in [-0.15, -0.1) is 0 Å². The molecule has 0 aromatic heterocycles. The largest absolute Gasteiger partial charge is 0.357 e. The molecule has 4 nitrogen and oxygen atoms in total. The Morgan fingerprint density at radius 1 is 0.854 bits per heavy atom. The zero-order valence-corrected chi connectivity index (χ0v) is 24.0. The lowest BCUT2D eigenvalue weighted by atomic mass is 9.78. The second kappa shape index (κ2) is 11.4. The number of nitrogens with one attached hydrogen (secondary N) is 1. The first kappa shape index (κ1) is 27.1. The molecule has 0 fully saturated rings. The Morgan fingerprint density at radius 3 is 2.32 bits per heavy atom. The van der Waals surface area contributed by atoms with Crippen LogP contribution in [0.2, 0.25) is 10.0 Å². The number of halogens is 2. The molecule has 1 N–H and O–H groups in total. The summed E-state index contributed by atoms with van der Waals surface area (Å²) in [6.45, 7) is 2.03. The molecule has 0 bridgehead atoms. The molecule has 1 amide bonds. The molecule has 1 aliphatic heterocycles. The highest BCUT2D eigenvalue weighted by Gasteiger charge is 2.41. The van der Waals surface area contributed by atoms with E-state index in [2.05, 4.69) is 5.32 Å². The molecule has 0 spiro atoms. The Kier molecular flexibility index (Phi) is 7.53. The van der Waals surface area contributed by atoms with Crippen molar-refractivity contribution in [2.45, 2.75) is 31.7 Å². The molecule has 2 atom stereocenters. The third-order valence-corrected chi connectivity index (χ3v) is 8.49. The van der Waals surface area contributed by atoms with Crippen molar-refractivity contribution in [3.63, 3.8) is 0 Å². The quantitative estimate of drug-likeness (QED) is 0.246. The molecule has 2 unspecified atom stereocenters. The highest BCUT2D eigenvalue weighted by atomic mass is 35.5. The highest BCUT2D eigenvalue weighted by molar-refractivity contribution is 6.42. The predicted octanol–water partition coefficient (Wildman–Crippen LogP) is 8.92. The zero-order valence-electron chi connectivity index (χ0n) is 22.5. The maximum atomic E-state index is 14.2. The first-order chi connectivity index (χ1) is 19.9. The Morgan fingerprint density at radius 2 is 1.56 bits per heavy atom. The maximum absolute atomic E-state index is 14.2. The van der Waals surface area contributed by atoms with Crippen LogP contribution < -0.4 is 10.2 Å². The normalized spacial score (nSPS) is 18.5. The van der Waals surface area contributed by atoms with Crippen LogP contribution in [0.1, 0.15) is 47.1 Å². The van der Waals surface area contributed by atoms with Crippen molar-refractivity contribution in [1.82, 2.24) is 0 Å². The van der Waals surface area contributed by atoms with Crippen LogP contribution in [0.5, 0.6) is 0 Å². The average Bonchev–Trinajstić information content (AvgIpc) is 3.13. The van der Waals surface area contributed by atoms with Crippen LogP contribution in [0.4, 0.5) is 11.4 Å². The van der Waals surface area contributed by atoms with Gasteiger partial charge < -0.3 is 5.32 Å². The first-order valence-electron chi connectivity index (χ1n) is 13.6. The fourth-order valence-electron chi connectivity index (χ4n) is 5.71. The number of rotatable bonds is 4. The molecule has 4 aromatic carbocycles. The molecule has 6 rings (SSSR count). The summed E-state index contributed by atoms with van der Waals surface area (Å²) in [7, 11) is 0. The number of Topliss-reactive ketones (excluding diaryl/α,β-unsaturated/α-hetero) is 1. The van der Waals surface area contributed by atoms with Crippen LogP contribution in [0.3, 0.4) is 0 Å². The molecule has 0 radical (unpaired) electrons. The lowest BCUT2D eigenvalue weighted by Gasteiger charge is -2.34. The molecule has 204 valence electrons. The van der Waals surface area contributed by atoms with Crippen molar-refractivity contribution in [3.05, 3.63) is 147 Å². The molecular formula is C35H28Cl2N2O2. The minimum Gasteiger partial charge on any atom is -0.357 e. The van der Waals surface area contributed by atoms with Gasteiger partial charge >= 0.3 is 0 Å². The predicted molar refractivity (Wildman–Crippen MR) is 167 cm³/mol. The van der Waals surface area contributed by atoms with E-state index in [1.165, 1.54) is 0 Å². The van der Waals surface area contributed by atoms with Crippen molar-refractivity contribution in [1.29, 1.82) is 0 Å². The molecule has 2 aliphatic rings. The number of benzene rings is 4. The number of hydrogen-bond donors (Lipinski definition) is 1. The summed E-state index contributed by atoms with van der Waals surface area (Å²) in [6.07, 6.45) is 4.30. The first-order valence-corrected chi connectivity index (χ1v) is 14.3. The lowest BCUT2D eigenvalue weighted by molar-refractivity contribution is -0.116. The average molecular weight is 580 g/mol. The summed E-state index contributed by atoms with van der Waals surface area (Å²) in [6, 6.07) is 30.5. The van der Waals surface area contributed by atoms with Crippen LogP contribution in [0.25, 0.3) is 6.08 Å². The van der Waals surface area contributed by atoms with Gasteiger partial charge in [0.2, 0.25) is 0 Å². The standard InChI is InChI=1S/C35H28Cl2N2O2/c1-22-11-14-24(15-12-22)35-34-30(20-26(21-32(34)40)25-16-17-27(36)28(37)19-25)38-29-9-5-6-10-31(29)39(35)33(41)18-13-23-7-3-2-4-8-23/h2-19,26,35,38H,20-21H2,1H3. The van der Waals surface area contributed by atoms with Crippen LogP contribution >= 0.6 is 23.2 Å². The van der Waals surface area contributed by atoms with Crippen molar-refractivity contribution in [3.8, 4) is 0 Å². The van der Waals surface area contributed by atoms with Gasteiger partial charge in [-0.2, -0.15) is 0 Å². The van der Waals surface area contributed by atoms with Crippen LogP contribution in [-0.4, -0.2) is 11.7 Å². The Hall–Kier alpha value is -4.12. The summed E-state index contributed by atoms with van der Waals surface area (Å²) in [5, 5.41) is 4.52. The van der Waals surface area contributed by atoms with Crippen LogP contribution in [0.15, 0.2) is 114 Å². The molecule has 0 saturated carbocycles. The number of nitrogens with zero attached hydrogens (tertiary/aromatic N) is 1. The van der Waals surface area contributed by atoms with Gasteiger partial charge in [0, 0.05) is 23.8 Å². The molecule has 1 heterocycles. The molecular weight excluding hydrogens is 551 g/mol. The van der Waals surface area contributed by atoms with Gasteiger partial charge in [-0.05, 0) is 66.3 Å². The van der Waals surface area contributed by atoms with E-state index in [1.807, 2.05) is 104 Å². The number of carbonyl (C=O) groups is 2. The number of anilines is 2. The summed E-state index contributed by atoms with van der Waals surface area (Å²) < 4.78 is 0. The van der Waals surface area contributed by atoms with Gasteiger partial charge in [0.25, 0.3) is 5.91 Å². The number of ketones is 1. The number of hydrogen-bond acceptors (Lipinski definition) is 3. The number of para-hydroxylation sites is 2. The van der Waals surface area contributed by atoms with Crippen LogP contribution in [-0.2, 0) is 9.59 Å². The zero-order chi connectivity index (χ0) is 28.5. The SMILES string of the molecule is Cc1ccc(C2C3=C(CC(c4ccc(Cl)c(Cl)c4)CC3=O)Nc3ccccc3N2C(=O)C=Cc2ccccc2)cc1. The second-order valence-corrected chi connectivity index (χ2v) is 11.3. The van der Waals surface area contributed by atoms with Gasteiger partial charge in [0.05, 0.1) is 27.5 Å². The summed E-state index contributed by atoms with van der Waals surface area (Å²) in [5.74, 6) is -0.283. The summed E-state index contributed by atoms with van der Waals surface area (Å²) >= 11 is 12.5. The van der Waals surface area contributed by atoms with E-state index in [1.54, 1.807) is 17.0 Å². The van der Waals surface area contributed by atoms with E-state index >= 15 is 0 Å². The van der Waals surface area contributed by atoms with Crippen LogP contribution in [0, 0.1) is 6.92 Å². The summed E-state index contributed by atoms with van der Waals surface area (Å²) in [4.78, 5) is 30.0. The van der Waals surface area contributed by atoms with E-state index in [9.17, 15) is 9.59 Å². The Balaban J connectivity index is 1.50. The smallest absolute Gasteiger partial charge is 0.251 e. The third-order valence-electron chi connectivity index (χ3n) is 7.75. The highest BCUT2D eigenvalue weighted by Crippen LogP contribution is 2.47. The fourth-order valence-corrected chi connectivity index (χ4v) is 6.02. The van der Waals surface area contributed by atoms with E-state index in [-0.39, 0.29) is 17.6 Å². The second-order valence-electron chi connectivity index (χ2n) is 10.5. The molecule has 0 saturated heterocycles. The van der Waals surface area contributed by atoms with Crippen molar-refractivity contribution < 1.29 is 9.59 Å². The van der Waals surface area contributed by atoms with Crippen molar-refractivity contribution >= 4 is 52.3 Å². The van der Waals surface area contributed by atoms with Crippen molar-refractivity contribution in [2.24, 2.45) is 0 Å². The number of aryl methyl sites for hydroxylation is 1. The topological polar surface area (TPSA) is 49.4 Å². The maximum Gasteiger partial charge on any atom is 0.251 e. The monoisotopic (exact) mass is 578 g/mol. The number of carbonyl (C=O) groups excluding carboxylic acids is 2. The van der Waals surface area contributed by atoms with E-state index in [0.717, 1.165) is 33.6 Å². The van der Waals surface area contributed by atoms with E-state index < -0.39 is 6.04 Å². The Bertz CT molecular complexity index is 1690. The van der Waals surface area contributed by atoms with Gasteiger partial charge in [0.15, 0.2) is 5.78 Å². The minimum atomic E-state index is -0.600. The van der Waals surface area contributed by atoms with Crippen molar-refractivity contribution in [2.75, 3.05) is 10.2 Å².